The van der Waals surface area contributed by atoms with Crippen molar-refractivity contribution in [3.05, 3.63) is 59.7 Å². The van der Waals surface area contributed by atoms with Crippen molar-refractivity contribution in [1.82, 2.24) is 5.32 Å². The van der Waals surface area contributed by atoms with E-state index in [2.05, 4.69) is 5.32 Å². The highest BCUT2D eigenvalue weighted by molar-refractivity contribution is 5.85. The average molecular weight is 379 g/mol. The van der Waals surface area contributed by atoms with Crippen LogP contribution in [0, 0.1) is 5.92 Å². The van der Waals surface area contributed by atoms with Crippen LogP contribution in [-0.2, 0) is 14.3 Å². The first-order chi connectivity index (χ1) is 13.5. The molecule has 2 aliphatic carbocycles. The Hall–Kier alpha value is -3.15. The maximum absolute atomic E-state index is 12.3. The molecule has 2 aliphatic rings. The topological polar surface area (TPSA) is 92.7 Å². The summed E-state index contributed by atoms with van der Waals surface area (Å²) in [6, 6.07) is 14.9. The molecule has 0 aliphatic heterocycles. The van der Waals surface area contributed by atoms with Gasteiger partial charge in [0.2, 0.25) is 0 Å². The largest absolute Gasteiger partial charge is 0.480 e. The number of fused-ring (bicyclic) bond motifs is 3. The van der Waals surface area contributed by atoms with Gasteiger partial charge in [0.05, 0.1) is 0 Å². The Morgan fingerprint density at radius 2 is 1.68 bits per heavy atom. The molecule has 4 rings (SSSR count). The van der Waals surface area contributed by atoms with Gasteiger partial charge >= 0.3 is 12.1 Å². The molecule has 0 radical (unpaired) electrons. The van der Waals surface area contributed by atoms with Crippen molar-refractivity contribution in [2.45, 2.75) is 31.2 Å². The number of Topliss-reactive ketones (excluding diaryl/α,β-unsaturated/α-hetero) is 1. The summed E-state index contributed by atoms with van der Waals surface area (Å²) in [4.78, 5) is 35.3. The van der Waals surface area contributed by atoms with E-state index < -0.39 is 18.1 Å². The van der Waals surface area contributed by atoms with E-state index in [1.165, 1.54) is 0 Å². The molecule has 1 saturated carbocycles. The van der Waals surface area contributed by atoms with Gasteiger partial charge < -0.3 is 15.2 Å². The first-order valence-corrected chi connectivity index (χ1v) is 9.40. The van der Waals surface area contributed by atoms with Gasteiger partial charge in [-0.2, -0.15) is 0 Å². The summed E-state index contributed by atoms with van der Waals surface area (Å²) in [5.41, 5.74) is 4.43. The lowest BCUT2D eigenvalue weighted by Gasteiger charge is -2.21. The smallest absolute Gasteiger partial charge is 0.407 e. The summed E-state index contributed by atoms with van der Waals surface area (Å²) in [5.74, 6) is -1.58. The van der Waals surface area contributed by atoms with Crippen molar-refractivity contribution in [2.24, 2.45) is 5.92 Å². The second-order valence-corrected chi connectivity index (χ2v) is 7.33. The van der Waals surface area contributed by atoms with Gasteiger partial charge in [-0.15, -0.1) is 0 Å². The van der Waals surface area contributed by atoms with E-state index in [4.69, 9.17) is 4.74 Å². The van der Waals surface area contributed by atoms with Crippen LogP contribution < -0.4 is 5.32 Å². The lowest BCUT2D eigenvalue weighted by molar-refractivity contribution is -0.140. The molecule has 1 fully saturated rings. The number of hydrogen-bond acceptors (Lipinski definition) is 4. The molecule has 144 valence electrons. The highest BCUT2D eigenvalue weighted by Crippen LogP contribution is 2.44. The maximum atomic E-state index is 12.3. The molecule has 6 nitrogen and oxygen atoms in total. The van der Waals surface area contributed by atoms with Gasteiger partial charge in [0.25, 0.3) is 0 Å². The minimum absolute atomic E-state index is 0.0330. The minimum Gasteiger partial charge on any atom is -0.480 e. The van der Waals surface area contributed by atoms with Gasteiger partial charge in [0.1, 0.15) is 18.4 Å². The van der Waals surface area contributed by atoms with E-state index in [9.17, 15) is 19.5 Å². The van der Waals surface area contributed by atoms with Crippen molar-refractivity contribution in [1.29, 1.82) is 0 Å². The predicted molar refractivity (Wildman–Crippen MR) is 102 cm³/mol. The van der Waals surface area contributed by atoms with E-state index in [0.29, 0.717) is 12.8 Å². The minimum atomic E-state index is -1.15. The van der Waals surface area contributed by atoms with Crippen molar-refractivity contribution in [2.75, 3.05) is 6.61 Å². The van der Waals surface area contributed by atoms with E-state index in [-0.39, 0.29) is 30.6 Å². The van der Waals surface area contributed by atoms with Gasteiger partial charge in [-0.3, -0.25) is 4.79 Å². The number of amides is 1. The van der Waals surface area contributed by atoms with Gasteiger partial charge in [-0.1, -0.05) is 48.5 Å². The number of aliphatic carboxylic acids is 1. The van der Waals surface area contributed by atoms with Crippen molar-refractivity contribution in [3.8, 4) is 11.1 Å². The van der Waals surface area contributed by atoms with Crippen molar-refractivity contribution in [3.63, 3.8) is 0 Å². The molecular formula is C22H21NO5. The molecule has 2 atom stereocenters. The average Bonchev–Trinajstić information content (AvgIpc) is 3.26. The Bertz CT molecular complexity index is 893. The summed E-state index contributed by atoms with van der Waals surface area (Å²) in [5, 5.41) is 11.9. The van der Waals surface area contributed by atoms with Gasteiger partial charge in [-0.05, 0) is 34.6 Å². The molecule has 2 N–H and O–H groups in total. The number of nitrogens with one attached hydrogen (secondary N) is 1. The molecule has 6 heteroatoms. The second-order valence-electron chi connectivity index (χ2n) is 7.33. The molecule has 0 bridgehead atoms. The van der Waals surface area contributed by atoms with Gasteiger partial charge in [0.15, 0.2) is 0 Å². The summed E-state index contributed by atoms with van der Waals surface area (Å²) >= 11 is 0. The van der Waals surface area contributed by atoms with Crippen LogP contribution in [0.4, 0.5) is 4.79 Å². The van der Waals surface area contributed by atoms with Crippen LogP contribution in [0.5, 0.6) is 0 Å². The number of rotatable bonds is 5. The zero-order valence-electron chi connectivity index (χ0n) is 15.3. The first kappa shape index (κ1) is 18.2. The summed E-state index contributed by atoms with van der Waals surface area (Å²) in [6.07, 6.45) is 0.245. The first-order valence-electron chi connectivity index (χ1n) is 9.40. The predicted octanol–water partition coefficient (Wildman–Crippen LogP) is 3.35. The standard InChI is InChI=1S/C22H21NO5/c24-14-10-9-13(11-14)20(21(25)26)23-22(27)28-12-19-17-7-3-1-5-15(17)16-6-2-4-8-18(16)19/h1-8,13,19-20H,9-12H2,(H,23,27)(H,25,26). The number of ether oxygens (including phenoxy) is 1. The summed E-state index contributed by atoms with van der Waals surface area (Å²) in [7, 11) is 0. The van der Waals surface area contributed by atoms with Crippen LogP contribution in [0.2, 0.25) is 0 Å². The fraction of sp³-hybridized carbons (Fsp3) is 0.318. The molecule has 2 unspecified atom stereocenters. The Kier molecular flexibility index (Phi) is 4.86. The fourth-order valence-corrected chi connectivity index (χ4v) is 4.28. The highest BCUT2D eigenvalue weighted by Gasteiger charge is 2.36. The van der Waals surface area contributed by atoms with Gasteiger partial charge in [-0.25, -0.2) is 9.59 Å². The van der Waals surface area contributed by atoms with Crippen molar-refractivity contribution < 1.29 is 24.2 Å². The number of alkyl carbamates (subject to hydrolysis) is 1. The Balaban J connectivity index is 1.45. The van der Waals surface area contributed by atoms with Crippen LogP contribution in [0.1, 0.15) is 36.3 Å². The summed E-state index contributed by atoms with van der Waals surface area (Å²) in [6.45, 7) is 0.121. The number of carboxylic acids is 1. The third-order valence-electron chi connectivity index (χ3n) is 5.64. The molecule has 28 heavy (non-hydrogen) atoms. The number of carbonyl (C=O) groups excluding carboxylic acids is 2. The maximum Gasteiger partial charge on any atom is 0.407 e. The van der Waals surface area contributed by atoms with E-state index in [0.717, 1.165) is 22.3 Å². The molecule has 1 amide bonds. The third kappa shape index (κ3) is 3.38. The van der Waals surface area contributed by atoms with Crippen LogP contribution in [0.15, 0.2) is 48.5 Å². The van der Waals surface area contributed by atoms with Gasteiger partial charge in [0, 0.05) is 18.8 Å². The highest BCUT2D eigenvalue weighted by atomic mass is 16.5. The van der Waals surface area contributed by atoms with Crippen LogP contribution >= 0.6 is 0 Å². The zero-order chi connectivity index (χ0) is 19.7. The lowest BCUT2D eigenvalue weighted by atomic mass is 9.98. The van der Waals surface area contributed by atoms with Crippen LogP contribution in [-0.4, -0.2) is 35.6 Å². The molecule has 2 aromatic rings. The number of carbonyl (C=O) groups is 3. The molecule has 2 aromatic carbocycles. The number of benzene rings is 2. The third-order valence-corrected chi connectivity index (χ3v) is 5.64. The number of hydrogen-bond donors (Lipinski definition) is 2. The monoisotopic (exact) mass is 379 g/mol. The SMILES string of the molecule is O=C1CCC(C(NC(=O)OCC2c3ccccc3-c3ccccc32)C(=O)O)C1. The molecule has 0 saturated heterocycles. The zero-order valence-corrected chi connectivity index (χ0v) is 15.3. The molecule has 0 heterocycles. The number of carboxylic acid groups (broad SMARTS) is 1. The van der Waals surface area contributed by atoms with Crippen molar-refractivity contribution >= 4 is 17.8 Å². The Morgan fingerprint density at radius 3 is 2.21 bits per heavy atom. The normalized spacial score (nSPS) is 19.0. The quantitative estimate of drug-likeness (QED) is 0.831. The van der Waals surface area contributed by atoms with E-state index >= 15 is 0 Å². The van der Waals surface area contributed by atoms with Crippen LogP contribution in [0.3, 0.4) is 0 Å². The molecule has 0 aromatic heterocycles. The Morgan fingerprint density at radius 1 is 1.07 bits per heavy atom. The second kappa shape index (κ2) is 7.46. The van der Waals surface area contributed by atoms with Crippen LogP contribution in [0.25, 0.3) is 11.1 Å². The summed E-state index contributed by atoms with van der Waals surface area (Å²) < 4.78 is 5.41. The Labute approximate surface area is 162 Å². The van der Waals surface area contributed by atoms with E-state index in [1.807, 2.05) is 48.5 Å². The fourth-order valence-electron chi connectivity index (χ4n) is 4.28. The number of ketones is 1. The lowest BCUT2D eigenvalue weighted by Crippen LogP contribution is -2.45. The molecule has 0 spiro atoms. The van der Waals surface area contributed by atoms with E-state index in [1.54, 1.807) is 0 Å². The molecular weight excluding hydrogens is 358 g/mol.